The molecule has 0 aliphatic carbocycles. The first-order valence-corrected chi connectivity index (χ1v) is 12.6. The van der Waals surface area contributed by atoms with Crippen LogP contribution in [0.1, 0.15) is 30.0 Å². The van der Waals surface area contributed by atoms with Gasteiger partial charge in [0, 0.05) is 37.9 Å². The molecule has 0 unspecified atom stereocenters. The van der Waals surface area contributed by atoms with E-state index >= 15 is 0 Å². The number of hydrogen-bond donors (Lipinski definition) is 1. The van der Waals surface area contributed by atoms with Gasteiger partial charge in [-0.05, 0) is 56.1 Å². The molecule has 0 aromatic heterocycles. The van der Waals surface area contributed by atoms with E-state index < -0.39 is 0 Å². The number of fused-ring (bicyclic) bond motifs is 1. The zero-order chi connectivity index (χ0) is 24.2. The minimum atomic E-state index is -0.0204. The van der Waals surface area contributed by atoms with Gasteiger partial charge in [0.1, 0.15) is 13.2 Å². The van der Waals surface area contributed by atoms with Crippen LogP contribution >= 0.6 is 0 Å². The summed E-state index contributed by atoms with van der Waals surface area (Å²) in [5, 5.41) is 2.95. The van der Waals surface area contributed by atoms with Gasteiger partial charge in [0.05, 0.1) is 13.1 Å². The Morgan fingerprint density at radius 2 is 1.66 bits per heavy atom. The third kappa shape index (κ3) is 5.77. The van der Waals surface area contributed by atoms with Crippen LogP contribution in [0.5, 0.6) is 11.5 Å². The molecule has 35 heavy (non-hydrogen) atoms. The second-order valence-corrected chi connectivity index (χ2v) is 9.60. The van der Waals surface area contributed by atoms with Gasteiger partial charge in [-0.25, -0.2) is 0 Å². The van der Waals surface area contributed by atoms with Crippen molar-refractivity contribution in [2.45, 2.75) is 25.8 Å². The van der Waals surface area contributed by atoms with Gasteiger partial charge in [0.2, 0.25) is 11.8 Å². The van der Waals surface area contributed by atoms with Crippen LogP contribution in [0, 0.1) is 6.92 Å². The molecular formula is C27H34N4O4. The largest absolute Gasteiger partial charge is 0.486 e. The first-order valence-electron chi connectivity index (χ1n) is 12.6. The fourth-order valence-electron chi connectivity index (χ4n) is 5.13. The Kier molecular flexibility index (Phi) is 7.20. The summed E-state index contributed by atoms with van der Waals surface area (Å²) in [6, 6.07) is 14.2. The number of anilines is 1. The van der Waals surface area contributed by atoms with E-state index in [1.165, 1.54) is 5.56 Å². The van der Waals surface area contributed by atoms with Crippen molar-refractivity contribution in [2.75, 3.05) is 64.3 Å². The lowest BCUT2D eigenvalue weighted by molar-refractivity contribution is -0.134. The van der Waals surface area contributed by atoms with E-state index in [0.717, 1.165) is 42.1 Å². The molecule has 0 radical (unpaired) electrons. The number of rotatable bonds is 6. The van der Waals surface area contributed by atoms with E-state index in [-0.39, 0.29) is 17.9 Å². The molecule has 8 nitrogen and oxygen atoms in total. The van der Waals surface area contributed by atoms with Gasteiger partial charge >= 0.3 is 0 Å². The molecule has 2 amide bonds. The van der Waals surface area contributed by atoms with Gasteiger partial charge in [-0.15, -0.1) is 0 Å². The van der Waals surface area contributed by atoms with E-state index in [4.69, 9.17) is 9.47 Å². The molecule has 2 aromatic rings. The fraction of sp³-hybridized carbons (Fsp3) is 0.481. The standard InChI is InChI=1S/C27H34N4O4/c1-20-4-7-22(8-5-20)28-26(32)18-29-11-13-30(14-12-29)27(33)19-31-10-2-3-23(31)21-6-9-24-25(17-21)35-16-15-34-24/h4-9,17,23H,2-3,10-16,18-19H2,1H3,(H,28,32)/t23-/m1/s1. The minimum Gasteiger partial charge on any atom is -0.486 e. The molecule has 1 atom stereocenters. The zero-order valence-corrected chi connectivity index (χ0v) is 20.4. The summed E-state index contributed by atoms with van der Waals surface area (Å²) in [6.07, 6.45) is 2.12. The average molecular weight is 479 g/mol. The zero-order valence-electron chi connectivity index (χ0n) is 20.4. The van der Waals surface area contributed by atoms with Crippen LogP contribution in [0.15, 0.2) is 42.5 Å². The van der Waals surface area contributed by atoms with E-state index in [0.29, 0.717) is 52.5 Å². The van der Waals surface area contributed by atoms with Crippen LogP contribution in [-0.4, -0.2) is 85.5 Å². The van der Waals surface area contributed by atoms with Crippen molar-refractivity contribution in [3.63, 3.8) is 0 Å². The topological polar surface area (TPSA) is 74.4 Å². The smallest absolute Gasteiger partial charge is 0.238 e. The van der Waals surface area contributed by atoms with Gasteiger partial charge < -0.3 is 19.7 Å². The molecule has 5 rings (SSSR count). The Morgan fingerprint density at radius 1 is 0.914 bits per heavy atom. The summed E-state index contributed by atoms with van der Waals surface area (Å²) in [5.74, 6) is 1.74. The van der Waals surface area contributed by atoms with Crippen LogP contribution in [0.4, 0.5) is 5.69 Å². The molecule has 186 valence electrons. The van der Waals surface area contributed by atoms with Crippen LogP contribution < -0.4 is 14.8 Å². The highest BCUT2D eigenvalue weighted by atomic mass is 16.6. The first kappa shape index (κ1) is 23.6. The third-order valence-electron chi connectivity index (χ3n) is 7.08. The van der Waals surface area contributed by atoms with Crippen molar-refractivity contribution in [3.8, 4) is 11.5 Å². The van der Waals surface area contributed by atoms with Crippen molar-refractivity contribution in [3.05, 3.63) is 53.6 Å². The molecule has 8 heteroatoms. The Labute approximate surface area is 206 Å². The van der Waals surface area contributed by atoms with Crippen molar-refractivity contribution in [1.82, 2.24) is 14.7 Å². The second-order valence-electron chi connectivity index (χ2n) is 9.60. The summed E-state index contributed by atoms with van der Waals surface area (Å²) in [7, 11) is 0. The molecule has 3 aliphatic heterocycles. The monoisotopic (exact) mass is 478 g/mol. The number of ether oxygens (including phenoxy) is 2. The maximum absolute atomic E-state index is 13.1. The van der Waals surface area contributed by atoms with Crippen molar-refractivity contribution in [1.29, 1.82) is 0 Å². The summed E-state index contributed by atoms with van der Waals surface area (Å²) in [4.78, 5) is 31.9. The number of likely N-dealkylation sites (tertiary alicyclic amines) is 1. The van der Waals surface area contributed by atoms with Gasteiger partial charge in [-0.2, -0.15) is 0 Å². The Bertz CT molecular complexity index is 1050. The Balaban J connectivity index is 1.10. The number of amides is 2. The predicted molar refractivity (Wildman–Crippen MR) is 134 cm³/mol. The molecular weight excluding hydrogens is 444 g/mol. The highest BCUT2D eigenvalue weighted by molar-refractivity contribution is 5.92. The van der Waals surface area contributed by atoms with E-state index in [1.807, 2.05) is 42.2 Å². The number of piperazine rings is 1. The lowest BCUT2D eigenvalue weighted by atomic mass is 10.0. The summed E-state index contributed by atoms with van der Waals surface area (Å²) < 4.78 is 11.4. The number of benzene rings is 2. The number of carbonyl (C=O) groups is 2. The van der Waals surface area contributed by atoms with Gasteiger partial charge in [0.25, 0.3) is 0 Å². The van der Waals surface area contributed by atoms with Crippen molar-refractivity contribution < 1.29 is 19.1 Å². The number of aryl methyl sites for hydroxylation is 1. The first-order chi connectivity index (χ1) is 17.0. The SMILES string of the molecule is Cc1ccc(NC(=O)CN2CCN(C(=O)CN3CCC[C@@H]3c3ccc4c(c3)OCCO4)CC2)cc1. The van der Waals surface area contributed by atoms with E-state index in [1.54, 1.807) is 0 Å². The number of hydrogen-bond acceptors (Lipinski definition) is 6. The number of carbonyl (C=O) groups excluding carboxylic acids is 2. The molecule has 3 aliphatic rings. The van der Waals surface area contributed by atoms with Crippen LogP contribution in [0.3, 0.4) is 0 Å². The van der Waals surface area contributed by atoms with Gasteiger partial charge in [-0.1, -0.05) is 23.8 Å². The fourth-order valence-corrected chi connectivity index (χ4v) is 5.13. The van der Waals surface area contributed by atoms with Gasteiger partial charge in [0.15, 0.2) is 11.5 Å². The molecule has 1 N–H and O–H groups in total. The molecule has 3 heterocycles. The van der Waals surface area contributed by atoms with Crippen LogP contribution in [-0.2, 0) is 9.59 Å². The highest BCUT2D eigenvalue weighted by Gasteiger charge is 2.31. The average Bonchev–Trinajstić information content (AvgIpc) is 3.33. The summed E-state index contributed by atoms with van der Waals surface area (Å²) in [5.41, 5.74) is 3.16. The predicted octanol–water partition coefficient (Wildman–Crippen LogP) is 2.69. The van der Waals surface area contributed by atoms with E-state index in [2.05, 4.69) is 27.2 Å². The van der Waals surface area contributed by atoms with Crippen molar-refractivity contribution in [2.24, 2.45) is 0 Å². The van der Waals surface area contributed by atoms with Crippen LogP contribution in [0.2, 0.25) is 0 Å². The lowest BCUT2D eigenvalue weighted by Crippen LogP contribution is -2.52. The molecule has 2 saturated heterocycles. The summed E-state index contributed by atoms with van der Waals surface area (Å²) in [6.45, 7) is 7.58. The second kappa shape index (κ2) is 10.7. The summed E-state index contributed by atoms with van der Waals surface area (Å²) >= 11 is 0. The molecule has 2 fully saturated rings. The Hall–Kier alpha value is -3.10. The van der Waals surface area contributed by atoms with E-state index in [9.17, 15) is 9.59 Å². The highest BCUT2D eigenvalue weighted by Crippen LogP contribution is 2.38. The Morgan fingerprint density at radius 3 is 2.43 bits per heavy atom. The normalized spacial score (nSPS) is 20.6. The maximum Gasteiger partial charge on any atom is 0.238 e. The third-order valence-corrected chi connectivity index (χ3v) is 7.08. The molecule has 0 spiro atoms. The molecule has 0 bridgehead atoms. The quantitative estimate of drug-likeness (QED) is 0.688. The van der Waals surface area contributed by atoms with Gasteiger partial charge in [-0.3, -0.25) is 19.4 Å². The maximum atomic E-state index is 13.1. The molecule has 0 saturated carbocycles. The van der Waals surface area contributed by atoms with Crippen molar-refractivity contribution >= 4 is 17.5 Å². The minimum absolute atomic E-state index is 0.0204. The lowest BCUT2D eigenvalue weighted by Gasteiger charge is -2.35. The molecule has 2 aromatic carbocycles. The number of nitrogens with one attached hydrogen (secondary N) is 1. The number of nitrogens with zero attached hydrogens (tertiary/aromatic N) is 3. The van der Waals surface area contributed by atoms with Crippen LogP contribution in [0.25, 0.3) is 0 Å².